The highest BCUT2D eigenvalue weighted by Gasteiger charge is 2.52. The Morgan fingerprint density at radius 2 is 2.20 bits per heavy atom. The molecule has 3 aliphatic rings. The molecule has 0 saturated heterocycles. The van der Waals surface area contributed by atoms with E-state index in [9.17, 15) is 0 Å². The van der Waals surface area contributed by atoms with Gasteiger partial charge in [0, 0.05) is 6.04 Å². The molecular formula is C11H17N3S. The van der Waals surface area contributed by atoms with Gasteiger partial charge in [-0.05, 0) is 55.2 Å². The third kappa shape index (κ3) is 1.39. The Kier molecular flexibility index (Phi) is 2.21. The molecule has 0 unspecified atom stereocenters. The van der Waals surface area contributed by atoms with E-state index in [1.165, 1.54) is 19.3 Å². The molecule has 4 heteroatoms. The first-order chi connectivity index (χ1) is 7.29. The lowest BCUT2D eigenvalue weighted by atomic mass is 9.79. The van der Waals surface area contributed by atoms with Crippen molar-refractivity contribution in [2.45, 2.75) is 25.3 Å². The van der Waals surface area contributed by atoms with E-state index in [0.717, 1.165) is 23.7 Å². The molecule has 0 spiro atoms. The Balaban J connectivity index is 1.70. The summed E-state index contributed by atoms with van der Waals surface area (Å²) in [5.74, 6) is 8.72. The van der Waals surface area contributed by atoms with Gasteiger partial charge in [-0.2, -0.15) is 0 Å². The zero-order chi connectivity index (χ0) is 10.4. The van der Waals surface area contributed by atoms with Gasteiger partial charge < -0.3 is 10.7 Å². The van der Waals surface area contributed by atoms with Crippen LogP contribution in [0.5, 0.6) is 0 Å². The summed E-state index contributed by atoms with van der Waals surface area (Å²) in [6.45, 7) is 0. The molecule has 0 amide bonds. The third-order valence-corrected chi connectivity index (χ3v) is 4.69. The fourth-order valence-corrected chi connectivity index (χ4v) is 4.07. The van der Waals surface area contributed by atoms with Crippen molar-refractivity contribution in [3.8, 4) is 0 Å². The van der Waals surface area contributed by atoms with E-state index < -0.39 is 0 Å². The van der Waals surface area contributed by atoms with Gasteiger partial charge in [0.1, 0.15) is 0 Å². The van der Waals surface area contributed by atoms with E-state index in [1.54, 1.807) is 0 Å². The van der Waals surface area contributed by atoms with E-state index in [-0.39, 0.29) is 0 Å². The van der Waals surface area contributed by atoms with Gasteiger partial charge in [-0.3, -0.25) is 0 Å². The number of fused-ring (bicyclic) bond motifs is 5. The first-order valence-electron chi connectivity index (χ1n) is 5.73. The fraction of sp³-hybridized carbons (Fsp3) is 0.727. The first kappa shape index (κ1) is 9.60. The number of hydrogen-bond acceptors (Lipinski definition) is 2. The monoisotopic (exact) mass is 223 g/mol. The number of rotatable bonds is 1. The maximum absolute atomic E-state index is 5.29. The van der Waals surface area contributed by atoms with Crippen LogP contribution in [0.4, 0.5) is 0 Å². The molecule has 15 heavy (non-hydrogen) atoms. The molecule has 3 aliphatic carbocycles. The summed E-state index contributed by atoms with van der Waals surface area (Å²) in [7, 11) is 0. The van der Waals surface area contributed by atoms with Crippen molar-refractivity contribution in [2.24, 2.45) is 29.5 Å². The Labute approximate surface area is 95.5 Å². The fourth-order valence-electron chi connectivity index (χ4n) is 3.92. The van der Waals surface area contributed by atoms with Gasteiger partial charge >= 0.3 is 0 Å². The maximum Gasteiger partial charge on any atom is 0.180 e. The van der Waals surface area contributed by atoms with Crippen molar-refractivity contribution in [1.82, 2.24) is 10.7 Å². The van der Waals surface area contributed by atoms with Crippen LogP contribution in [0.1, 0.15) is 19.3 Å². The average molecular weight is 223 g/mol. The topological polar surface area (TPSA) is 50.1 Å². The normalized spacial score (nSPS) is 45.5. The van der Waals surface area contributed by atoms with Gasteiger partial charge in [0.05, 0.1) is 0 Å². The molecule has 3 nitrogen and oxygen atoms in total. The average Bonchev–Trinajstić information content (AvgIpc) is 2.87. The summed E-state index contributed by atoms with van der Waals surface area (Å²) in [4.78, 5) is 0. The molecule has 3 rings (SSSR count). The quantitative estimate of drug-likeness (QED) is 0.268. The molecular weight excluding hydrogens is 206 g/mol. The van der Waals surface area contributed by atoms with E-state index in [0.29, 0.717) is 11.2 Å². The zero-order valence-corrected chi connectivity index (χ0v) is 9.46. The van der Waals surface area contributed by atoms with E-state index in [4.69, 9.17) is 18.1 Å². The second-order valence-corrected chi connectivity index (χ2v) is 5.43. The van der Waals surface area contributed by atoms with Crippen LogP contribution in [0.2, 0.25) is 0 Å². The van der Waals surface area contributed by atoms with Crippen molar-refractivity contribution in [2.75, 3.05) is 0 Å². The highest BCUT2D eigenvalue weighted by molar-refractivity contribution is 7.80. The van der Waals surface area contributed by atoms with Gasteiger partial charge in [0.2, 0.25) is 0 Å². The zero-order valence-electron chi connectivity index (χ0n) is 8.65. The highest BCUT2D eigenvalue weighted by Crippen LogP contribution is 2.56. The Hall–Kier alpha value is -0.610. The Morgan fingerprint density at radius 3 is 3.00 bits per heavy atom. The number of nitrogens with two attached hydrogens (primary N) is 1. The van der Waals surface area contributed by atoms with Crippen LogP contribution in [-0.2, 0) is 0 Å². The SMILES string of the molecule is NNC(=S)N[C@@H]1C[C@H]2C[C@H]1[C@H]1C=CC[C@H]21. The lowest BCUT2D eigenvalue weighted by molar-refractivity contribution is 0.246. The summed E-state index contributed by atoms with van der Waals surface area (Å²) in [5, 5.41) is 3.92. The Bertz CT molecular complexity index is 315. The lowest BCUT2D eigenvalue weighted by Gasteiger charge is -2.32. The molecule has 0 radical (unpaired) electrons. The summed E-state index contributed by atoms with van der Waals surface area (Å²) in [5.41, 5.74) is 2.51. The molecule has 82 valence electrons. The molecule has 2 bridgehead atoms. The Morgan fingerprint density at radius 1 is 1.33 bits per heavy atom. The largest absolute Gasteiger partial charge is 0.359 e. The van der Waals surface area contributed by atoms with Crippen LogP contribution in [0.15, 0.2) is 12.2 Å². The van der Waals surface area contributed by atoms with Crippen LogP contribution >= 0.6 is 12.2 Å². The van der Waals surface area contributed by atoms with Crippen molar-refractivity contribution < 1.29 is 0 Å². The summed E-state index contributed by atoms with van der Waals surface area (Å²) >= 11 is 5.06. The van der Waals surface area contributed by atoms with Gasteiger partial charge in [-0.1, -0.05) is 12.2 Å². The molecule has 0 heterocycles. The van der Waals surface area contributed by atoms with Crippen molar-refractivity contribution in [3.63, 3.8) is 0 Å². The number of nitrogens with one attached hydrogen (secondary N) is 2. The minimum Gasteiger partial charge on any atom is -0.359 e. The lowest BCUT2D eigenvalue weighted by Crippen LogP contribution is -2.48. The number of hydrogen-bond donors (Lipinski definition) is 3. The molecule has 0 aromatic heterocycles. The first-order valence-corrected chi connectivity index (χ1v) is 6.14. The smallest absolute Gasteiger partial charge is 0.180 e. The maximum atomic E-state index is 5.29. The minimum absolute atomic E-state index is 0.544. The summed E-state index contributed by atoms with van der Waals surface area (Å²) < 4.78 is 0. The van der Waals surface area contributed by atoms with E-state index in [1.807, 2.05) is 0 Å². The number of allylic oxidation sites excluding steroid dienone is 2. The van der Waals surface area contributed by atoms with Gasteiger partial charge in [0.15, 0.2) is 5.11 Å². The molecule has 0 aromatic rings. The van der Waals surface area contributed by atoms with Crippen LogP contribution in [0.25, 0.3) is 0 Å². The van der Waals surface area contributed by atoms with Crippen LogP contribution in [-0.4, -0.2) is 11.2 Å². The van der Waals surface area contributed by atoms with Gasteiger partial charge in [-0.25, -0.2) is 5.84 Å². The molecule has 0 aliphatic heterocycles. The minimum atomic E-state index is 0.544. The molecule has 2 fully saturated rings. The molecule has 2 saturated carbocycles. The van der Waals surface area contributed by atoms with Crippen molar-refractivity contribution in [1.29, 1.82) is 0 Å². The second kappa shape index (κ2) is 3.46. The van der Waals surface area contributed by atoms with Crippen LogP contribution in [0, 0.1) is 23.7 Å². The van der Waals surface area contributed by atoms with Crippen LogP contribution < -0.4 is 16.6 Å². The second-order valence-electron chi connectivity index (χ2n) is 5.02. The summed E-state index contributed by atoms with van der Waals surface area (Å²) in [6, 6.07) is 0.544. The van der Waals surface area contributed by atoms with Crippen molar-refractivity contribution >= 4 is 17.3 Å². The van der Waals surface area contributed by atoms with Crippen LogP contribution in [0.3, 0.4) is 0 Å². The highest BCUT2D eigenvalue weighted by atomic mass is 32.1. The van der Waals surface area contributed by atoms with E-state index in [2.05, 4.69) is 22.9 Å². The van der Waals surface area contributed by atoms with E-state index >= 15 is 0 Å². The molecule has 4 N–H and O–H groups in total. The van der Waals surface area contributed by atoms with Gasteiger partial charge in [-0.15, -0.1) is 0 Å². The van der Waals surface area contributed by atoms with Gasteiger partial charge in [0.25, 0.3) is 0 Å². The molecule has 0 aromatic carbocycles. The van der Waals surface area contributed by atoms with Crippen molar-refractivity contribution in [3.05, 3.63) is 12.2 Å². The number of hydrazine groups is 1. The molecule has 5 atom stereocenters. The standard InChI is InChI=1S/C11H17N3S/c12-14-11(15)13-10-5-6-4-9(10)8-3-1-2-7(6)8/h1,3,6-10H,2,4-5,12H2,(H2,13,14,15)/t6-,7-,8+,9+,10-/m1/s1. The predicted molar refractivity (Wildman–Crippen MR) is 63.8 cm³/mol. The third-order valence-electron chi connectivity index (χ3n) is 4.46. The predicted octanol–water partition coefficient (Wildman–Crippen LogP) is 0.925. The summed E-state index contributed by atoms with van der Waals surface area (Å²) in [6.07, 6.45) is 8.73. The number of thiocarbonyl (C=S) groups is 1.